The van der Waals surface area contributed by atoms with Gasteiger partial charge in [-0.2, -0.15) is 0 Å². The van der Waals surface area contributed by atoms with E-state index in [0.717, 1.165) is 12.8 Å². The maximum absolute atomic E-state index is 12.2. The number of carbonyl (C=O) groups excluding carboxylic acids is 2. The van der Waals surface area contributed by atoms with Gasteiger partial charge in [0.05, 0.1) is 12.0 Å². The van der Waals surface area contributed by atoms with Gasteiger partial charge in [-0.1, -0.05) is 24.3 Å². The van der Waals surface area contributed by atoms with Gasteiger partial charge >= 0.3 is 0 Å². The lowest BCUT2D eigenvalue weighted by Crippen LogP contribution is -2.35. The van der Waals surface area contributed by atoms with E-state index in [9.17, 15) is 14.7 Å². The van der Waals surface area contributed by atoms with Crippen LogP contribution in [0.3, 0.4) is 0 Å². The lowest BCUT2D eigenvalue weighted by atomic mass is 10.1. The summed E-state index contributed by atoms with van der Waals surface area (Å²) in [7, 11) is 0. The first-order valence-corrected chi connectivity index (χ1v) is 8.45. The predicted molar refractivity (Wildman–Crippen MR) is 86.3 cm³/mol. The SMILES string of the molecule is O=C(NCCCC(=O)N1Cc2ccccc2C1)C1CCCC1O. The molecule has 1 saturated carbocycles. The molecule has 1 heterocycles. The summed E-state index contributed by atoms with van der Waals surface area (Å²) in [5.74, 6) is -0.203. The molecule has 2 N–H and O–H groups in total. The van der Waals surface area contributed by atoms with Gasteiger partial charge in [-0.25, -0.2) is 0 Å². The molecule has 5 heteroatoms. The molecule has 1 fully saturated rings. The summed E-state index contributed by atoms with van der Waals surface area (Å²) in [6.45, 7) is 1.87. The number of hydrogen-bond acceptors (Lipinski definition) is 3. The van der Waals surface area contributed by atoms with Crippen molar-refractivity contribution in [2.24, 2.45) is 5.92 Å². The fourth-order valence-corrected chi connectivity index (χ4v) is 3.50. The molecular formula is C18H24N2O3. The zero-order valence-electron chi connectivity index (χ0n) is 13.3. The van der Waals surface area contributed by atoms with Gasteiger partial charge in [-0.15, -0.1) is 0 Å². The van der Waals surface area contributed by atoms with Gasteiger partial charge in [0.1, 0.15) is 0 Å². The van der Waals surface area contributed by atoms with Gasteiger partial charge in [-0.05, 0) is 36.8 Å². The Morgan fingerprint density at radius 2 is 1.87 bits per heavy atom. The van der Waals surface area contributed by atoms with E-state index >= 15 is 0 Å². The Kier molecular flexibility index (Phi) is 4.96. The highest BCUT2D eigenvalue weighted by atomic mass is 16.3. The summed E-state index contributed by atoms with van der Waals surface area (Å²) < 4.78 is 0. The molecule has 124 valence electrons. The van der Waals surface area contributed by atoms with E-state index < -0.39 is 6.10 Å². The molecule has 0 radical (unpaired) electrons. The lowest BCUT2D eigenvalue weighted by Gasteiger charge is -2.16. The number of benzene rings is 1. The number of aliphatic hydroxyl groups excluding tert-OH is 1. The van der Waals surface area contributed by atoms with E-state index in [1.807, 2.05) is 17.0 Å². The Morgan fingerprint density at radius 1 is 1.17 bits per heavy atom. The molecule has 2 atom stereocenters. The Balaban J connectivity index is 1.37. The fourth-order valence-electron chi connectivity index (χ4n) is 3.50. The Labute approximate surface area is 136 Å². The van der Waals surface area contributed by atoms with Gasteiger partial charge < -0.3 is 15.3 Å². The second-order valence-electron chi connectivity index (χ2n) is 6.52. The van der Waals surface area contributed by atoms with E-state index in [1.54, 1.807) is 0 Å². The van der Waals surface area contributed by atoms with Crippen LogP contribution in [0.2, 0.25) is 0 Å². The molecule has 0 aromatic heterocycles. The molecule has 2 unspecified atom stereocenters. The molecular weight excluding hydrogens is 292 g/mol. The average Bonchev–Trinajstić information content (AvgIpc) is 3.17. The van der Waals surface area contributed by atoms with E-state index in [-0.39, 0.29) is 17.7 Å². The number of hydrogen-bond donors (Lipinski definition) is 2. The third-order valence-corrected chi connectivity index (χ3v) is 4.88. The van der Waals surface area contributed by atoms with Crippen molar-refractivity contribution in [3.63, 3.8) is 0 Å². The van der Waals surface area contributed by atoms with Crippen LogP contribution in [0.15, 0.2) is 24.3 Å². The van der Waals surface area contributed by atoms with Crippen molar-refractivity contribution in [2.75, 3.05) is 6.54 Å². The highest BCUT2D eigenvalue weighted by molar-refractivity contribution is 5.80. The number of nitrogens with one attached hydrogen (secondary N) is 1. The number of amides is 2. The molecule has 0 bridgehead atoms. The van der Waals surface area contributed by atoms with Crippen LogP contribution in [0.5, 0.6) is 0 Å². The van der Waals surface area contributed by atoms with Gasteiger partial charge in [0, 0.05) is 26.1 Å². The second kappa shape index (κ2) is 7.13. The van der Waals surface area contributed by atoms with Crippen molar-refractivity contribution in [2.45, 2.75) is 51.3 Å². The summed E-state index contributed by atoms with van der Waals surface area (Å²) in [6, 6.07) is 8.13. The molecule has 3 rings (SSSR count). The molecule has 1 aliphatic heterocycles. The van der Waals surface area contributed by atoms with Gasteiger partial charge in [0.2, 0.25) is 11.8 Å². The van der Waals surface area contributed by atoms with Crippen LogP contribution in [0, 0.1) is 5.92 Å². The third-order valence-electron chi connectivity index (χ3n) is 4.88. The molecule has 2 aliphatic rings. The summed E-state index contributed by atoms with van der Waals surface area (Å²) >= 11 is 0. The Hall–Kier alpha value is -1.88. The Morgan fingerprint density at radius 3 is 2.48 bits per heavy atom. The number of fused-ring (bicyclic) bond motifs is 1. The third kappa shape index (κ3) is 3.72. The quantitative estimate of drug-likeness (QED) is 0.811. The maximum Gasteiger partial charge on any atom is 0.225 e. The second-order valence-corrected chi connectivity index (χ2v) is 6.52. The highest BCUT2D eigenvalue weighted by Gasteiger charge is 2.31. The van der Waals surface area contributed by atoms with E-state index in [2.05, 4.69) is 17.4 Å². The van der Waals surface area contributed by atoms with Crippen molar-refractivity contribution in [1.82, 2.24) is 10.2 Å². The smallest absolute Gasteiger partial charge is 0.225 e. The zero-order chi connectivity index (χ0) is 16.2. The van der Waals surface area contributed by atoms with Crippen molar-refractivity contribution in [3.8, 4) is 0 Å². The minimum atomic E-state index is -0.500. The molecule has 1 aromatic rings. The molecule has 1 aliphatic carbocycles. The molecule has 2 amide bonds. The van der Waals surface area contributed by atoms with Crippen molar-refractivity contribution in [1.29, 1.82) is 0 Å². The van der Waals surface area contributed by atoms with Crippen LogP contribution in [0.1, 0.15) is 43.2 Å². The number of rotatable bonds is 5. The van der Waals surface area contributed by atoms with Crippen LogP contribution in [0.4, 0.5) is 0 Å². The van der Waals surface area contributed by atoms with E-state index in [1.165, 1.54) is 11.1 Å². The summed E-state index contributed by atoms with van der Waals surface area (Å²) in [4.78, 5) is 26.0. The molecule has 5 nitrogen and oxygen atoms in total. The van der Waals surface area contributed by atoms with Gasteiger partial charge in [0.15, 0.2) is 0 Å². The molecule has 1 aromatic carbocycles. The standard InChI is InChI=1S/C18H24N2O3/c21-16-8-3-7-15(16)18(23)19-10-4-9-17(22)20-11-13-5-1-2-6-14(13)12-20/h1-2,5-6,15-16,21H,3-4,7-12H2,(H,19,23). The van der Waals surface area contributed by atoms with Crippen LogP contribution < -0.4 is 5.32 Å². The molecule has 0 saturated heterocycles. The monoisotopic (exact) mass is 316 g/mol. The fraction of sp³-hybridized carbons (Fsp3) is 0.556. The van der Waals surface area contributed by atoms with E-state index in [4.69, 9.17) is 0 Å². The van der Waals surface area contributed by atoms with Crippen LogP contribution in [-0.2, 0) is 22.7 Å². The summed E-state index contributed by atoms with van der Waals surface area (Å²) in [5, 5.41) is 12.6. The Bertz CT molecular complexity index is 562. The largest absolute Gasteiger partial charge is 0.392 e. The zero-order valence-corrected chi connectivity index (χ0v) is 13.3. The number of aliphatic hydroxyl groups is 1. The summed E-state index contributed by atoms with van der Waals surface area (Å²) in [5.41, 5.74) is 2.45. The summed E-state index contributed by atoms with van der Waals surface area (Å²) in [6.07, 6.45) is 2.97. The minimum Gasteiger partial charge on any atom is -0.392 e. The van der Waals surface area contributed by atoms with Crippen LogP contribution in [0.25, 0.3) is 0 Å². The first-order chi connectivity index (χ1) is 11.1. The first kappa shape index (κ1) is 16.0. The molecule has 0 spiro atoms. The topological polar surface area (TPSA) is 69.6 Å². The normalized spacial score (nSPS) is 22.9. The predicted octanol–water partition coefficient (Wildman–Crippen LogP) is 1.59. The van der Waals surface area contributed by atoms with Crippen molar-refractivity contribution >= 4 is 11.8 Å². The highest BCUT2D eigenvalue weighted by Crippen LogP contribution is 2.25. The maximum atomic E-state index is 12.2. The van der Waals surface area contributed by atoms with Crippen LogP contribution in [-0.4, -0.2) is 34.5 Å². The molecule has 23 heavy (non-hydrogen) atoms. The van der Waals surface area contributed by atoms with E-state index in [0.29, 0.717) is 38.9 Å². The number of carbonyl (C=O) groups is 2. The first-order valence-electron chi connectivity index (χ1n) is 8.45. The van der Waals surface area contributed by atoms with Crippen molar-refractivity contribution in [3.05, 3.63) is 35.4 Å². The van der Waals surface area contributed by atoms with Crippen molar-refractivity contribution < 1.29 is 14.7 Å². The average molecular weight is 316 g/mol. The lowest BCUT2D eigenvalue weighted by molar-refractivity contribution is -0.132. The van der Waals surface area contributed by atoms with Gasteiger partial charge in [0.25, 0.3) is 0 Å². The number of nitrogens with zero attached hydrogens (tertiary/aromatic N) is 1. The minimum absolute atomic E-state index is 0.0731. The van der Waals surface area contributed by atoms with Crippen LogP contribution >= 0.6 is 0 Å². The van der Waals surface area contributed by atoms with Gasteiger partial charge in [-0.3, -0.25) is 9.59 Å².